The van der Waals surface area contributed by atoms with E-state index in [1.807, 2.05) is 38.1 Å². The molecule has 0 bridgehead atoms. The molecular formula is C20H20FN3O2. The predicted molar refractivity (Wildman–Crippen MR) is 98.2 cm³/mol. The summed E-state index contributed by atoms with van der Waals surface area (Å²) in [7, 11) is 0. The van der Waals surface area contributed by atoms with Gasteiger partial charge in [0.2, 0.25) is 0 Å². The van der Waals surface area contributed by atoms with Gasteiger partial charge in [-0.15, -0.1) is 0 Å². The number of nitrogens with one attached hydrogen (secondary N) is 1. The number of nitrogens with zero attached hydrogens (tertiary/aromatic N) is 2. The lowest BCUT2D eigenvalue weighted by molar-refractivity contribution is -0.122. The number of benzene rings is 2. The van der Waals surface area contributed by atoms with Crippen molar-refractivity contribution in [2.45, 2.75) is 26.9 Å². The molecule has 1 amide bonds. The van der Waals surface area contributed by atoms with Crippen LogP contribution in [0.25, 0.3) is 5.69 Å². The summed E-state index contributed by atoms with van der Waals surface area (Å²) in [5, 5.41) is 7.17. The molecule has 0 fully saturated rings. The molecule has 0 aliphatic heterocycles. The Kier molecular flexibility index (Phi) is 5.02. The molecule has 26 heavy (non-hydrogen) atoms. The van der Waals surface area contributed by atoms with Gasteiger partial charge in [0.25, 0.3) is 5.91 Å². The predicted octanol–water partition coefficient (Wildman–Crippen LogP) is 4.03. The van der Waals surface area contributed by atoms with E-state index in [0.717, 1.165) is 11.3 Å². The Labute approximate surface area is 151 Å². The number of carbonyl (C=O) groups is 1. The van der Waals surface area contributed by atoms with Crippen molar-refractivity contribution in [3.63, 3.8) is 0 Å². The maximum absolute atomic E-state index is 13.1. The van der Waals surface area contributed by atoms with Crippen LogP contribution < -0.4 is 10.1 Å². The first-order valence-electron chi connectivity index (χ1n) is 8.29. The summed E-state index contributed by atoms with van der Waals surface area (Å²) in [6, 6.07) is 15.1. The molecule has 134 valence electrons. The zero-order valence-corrected chi connectivity index (χ0v) is 14.9. The number of hydrogen-bond donors (Lipinski definition) is 1. The van der Waals surface area contributed by atoms with Crippen LogP contribution in [0.1, 0.15) is 18.2 Å². The molecule has 3 aromatic rings. The molecule has 0 aliphatic carbocycles. The average molecular weight is 353 g/mol. The zero-order valence-electron chi connectivity index (χ0n) is 14.9. The lowest BCUT2D eigenvalue weighted by atomic mass is 10.2. The molecule has 1 atom stereocenters. The number of amides is 1. The standard InChI is InChI=1S/C20H20FN3O2/c1-13-4-10-18(11-5-13)26-15(3)20(25)22-19-12-14(2)23-24(19)17-8-6-16(21)7-9-17/h4-12,15H,1-3H3,(H,22,25). The highest BCUT2D eigenvalue weighted by molar-refractivity contribution is 5.93. The number of halogens is 1. The molecule has 3 rings (SSSR count). The van der Waals surface area contributed by atoms with E-state index in [1.54, 1.807) is 29.8 Å². The maximum atomic E-state index is 13.1. The van der Waals surface area contributed by atoms with Crippen molar-refractivity contribution in [3.8, 4) is 11.4 Å². The van der Waals surface area contributed by atoms with Crippen molar-refractivity contribution in [2.75, 3.05) is 5.32 Å². The Morgan fingerprint density at radius 1 is 1.12 bits per heavy atom. The van der Waals surface area contributed by atoms with Crippen LogP contribution in [-0.2, 0) is 4.79 Å². The van der Waals surface area contributed by atoms with E-state index in [9.17, 15) is 9.18 Å². The summed E-state index contributed by atoms with van der Waals surface area (Å²) < 4.78 is 20.4. The van der Waals surface area contributed by atoms with E-state index < -0.39 is 6.10 Å². The van der Waals surface area contributed by atoms with Gasteiger partial charge in [-0.3, -0.25) is 4.79 Å². The summed E-state index contributed by atoms with van der Waals surface area (Å²) in [6.07, 6.45) is -0.686. The Morgan fingerprint density at radius 2 is 1.77 bits per heavy atom. The van der Waals surface area contributed by atoms with E-state index in [1.165, 1.54) is 12.1 Å². The Hall–Kier alpha value is -3.15. The number of rotatable bonds is 5. The van der Waals surface area contributed by atoms with Gasteiger partial charge < -0.3 is 10.1 Å². The molecule has 6 heteroatoms. The van der Waals surface area contributed by atoms with Gasteiger partial charge in [-0.25, -0.2) is 9.07 Å². The number of ether oxygens (including phenoxy) is 1. The number of aromatic nitrogens is 2. The van der Waals surface area contributed by atoms with Crippen molar-refractivity contribution < 1.29 is 13.9 Å². The minimum Gasteiger partial charge on any atom is -0.481 e. The molecule has 0 saturated heterocycles. The van der Waals surface area contributed by atoms with Crippen LogP contribution in [-0.4, -0.2) is 21.8 Å². The summed E-state index contributed by atoms with van der Waals surface area (Å²) in [5.74, 6) is 0.497. The van der Waals surface area contributed by atoms with Crippen LogP contribution in [0.3, 0.4) is 0 Å². The van der Waals surface area contributed by atoms with Gasteiger partial charge in [0, 0.05) is 6.07 Å². The lowest BCUT2D eigenvalue weighted by Gasteiger charge is -2.15. The van der Waals surface area contributed by atoms with E-state index >= 15 is 0 Å². The van der Waals surface area contributed by atoms with Crippen LogP contribution in [0.15, 0.2) is 54.6 Å². The van der Waals surface area contributed by atoms with Gasteiger partial charge in [0.1, 0.15) is 17.4 Å². The molecule has 5 nitrogen and oxygen atoms in total. The molecule has 1 unspecified atom stereocenters. The number of carbonyl (C=O) groups excluding carboxylic acids is 1. The summed E-state index contributed by atoms with van der Waals surface area (Å²) in [5.41, 5.74) is 2.51. The molecule has 0 saturated carbocycles. The molecule has 1 heterocycles. The Balaban J connectivity index is 1.74. The van der Waals surface area contributed by atoms with Gasteiger partial charge in [-0.2, -0.15) is 5.10 Å². The largest absolute Gasteiger partial charge is 0.481 e. The van der Waals surface area contributed by atoms with Crippen molar-refractivity contribution in [1.82, 2.24) is 9.78 Å². The average Bonchev–Trinajstić information content (AvgIpc) is 2.97. The van der Waals surface area contributed by atoms with Gasteiger partial charge >= 0.3 is 0 Å². The first-order valence-corrected chi connectivity index (χ1v) is 8.29. The Bertz CT molecular complexity index is 902. The second-order valence-electron chi connectivity index (χ2n) is 6.12. The monoisotopic (exact) mass is 353 g/mol. The highest BCUT2D eigenvalue weighted by Crippen LogP contribution is 2.19. The summed E-state index contributed by atoms with van der Waals surface area (Å²) in [6.45, 7) is 5.49. The van der Waals surface area contributed by atoms with Gasteiger partial charge in [-0.05, 0) is 57.2 Å². The van der Waals surface area contributed by atoms with Gasteiger partial charge in [0.15, 0.2) is 6.10 Å². The van der Waals surface area contributed by atoms with Crippen LogP contribution in [0, 0.1) is 19.7 Å². The third kappa shape index (κ3) is 4.08. The van der Waals surface area contributed by atoms with Crippen LogP contribution in [0.4, 0.5) is 10.2 Å². The third-order valence-corrected chi connectivity index (χ3v) is 3.86. The molecule has 0 spiro atoms. The third-order valence-electron chi connectivity index (χ3n) is 3.86. The minimum absolute atomic E-state index is 0.297. The second kappa shape index (κ2) is 7.39. The van der Waals surface area contributed by atoms with Gasteiger partial charge in [0.05, 0.1) is 11.4 Å². The van der Waals surface area contributed by atoms with Crippen LogP contribution in [0.2, 0.25) is 0 Å². The van der Waals surface area contributed by atoms with Crippen molar-refractivity contribution >= 4 is 11.7 Å². The van der Waals surface area contributed by atoms with Crippen molar-refractivity contribution in [3.05, 3.63) is 71.7 Å². The quantitative estimate of drug-likeness (QED) is 0.753. The van der Waals surface area contributed by atoms with E-state index in [0.29, 0.717) is 17.3 Å². The first kappa shape index (κ1) is 17.7. The topological polar surface area (TPSA) is 56.1 Å². The zero-order chi connectivity index (χ0) is 18.7. The lowest BCUT2D eigenvalue weighted by Crippen LogP contribution is -2.31. The molecule has 2 aromatic carbocycles. The minimum atomic E-state index is -0.686. The van der Waals surface area contributed by atoms with E-state index in [-0.39, 0.29) is 11.7 Å². The SMILES string of the molecule is Cc1ccc(OC(C)C(=O)Nc2cc(C)nn2-c2ccc(F)cc2)cc1. The fraction of sp³-hybridized carbons (Fsp3) is 0.200. The smallest absolute Gasteiger partial charge is 0.266 e. The van der Waals surface area contributed by atoms with Crippen molar-refractivity contribution in [2.24, 2.45) is 0 Å². The number of aryl methyl sites for hydroxylation is 2. The molecule has 0 radical (unpaired) electrons. The second-order valence-corrected chi connectivity index (χ2v) is 6.12. The first-order chi connectivity index (χ1) is 12.4. The Morgan fingerprint density at radius 3 is 2.42 bits per heavy atom. The fourth-order valence-electron chi connectivity index (χ4n) is 2.47. The molecular weight excluding hydrogens is 333 g/mol. The summed E-state index contributed by atoms with van der Waals surface area (Å²) in [4.78, 5) is 12.5. The van der Waals surface area contributed by atoms with Gasteiger partial charge in [-0.1, -0.05) is 17.7 Å². The van der Waals surface area contributed by atoms with Crippen LogP contribution in [0.5, 0.6) is 5.75 Å². The number of hydrogen-bond acceptors (Lipinski definition) is 3. The van der Waals surface area contributed by atoms with E-state index in [4.69, 9.17) is 4.74 Å². The molecule has 0 aliphatic rings. The van der Waals surface area contributed by atoms with E-state index in [2.05, 4.69) is 10.4 Å². The highest BCUT2D eigenvalue weighted by atomic mass is 19.1. The normalized spacial score (nSPS) is 11.8. The molecule has 1 aromatic heterocycles. The highest BCUT2D eigenvalue weighted by Gasteiger charge is 2.18. The number of anilines is 1. The maximum Gasteiger partial charge on any atom is 0.266 e. The van der Waals surface area contributed by atoms with Crippen LogP contribution >= 0.6 is 0 Å². The van der Waals surface area contributed by atoms with Crippen molar-refractivity contribution in [1.29, 1.82) is 0 Å². The molecule has 1 N–H and O–H groups in total. The fourth-order valence-corrected chi connectivity index (χ4v) is 2.47. The summed E-state index contributed by atoms with van der Waals surface area (Å²) >= 11 is 0.